The normalized spacial score (nSPS) is 16.4. The van der Waals surface area contributed by atoms with Crippen LogP contribution in [0.1, 0.15) is 43.2 Å². The molecule has 5 rings (SSSR count). The van der Waals surface area contributed by atoms with Crippen molar-refractivity contribution in [3.05, 3.63) is 131 Å². The lowest BCUT2D eigenvalue weighted by atomic mass is 10.1. The number of sulfone groups is 2. The first-order valence-corrected chi connectivity index (χ1v) is 19.6. The number of pyridine rings is 2. The third kappa shape index (κ3) is 8.18. The topological polar surface area (TPSA) is 134 Å². The molecule has 0 saturated heterocycles. The lowest BCUT2D eigenvalue weighted by Gasteiger charge is -2.41. The summed E-state index contributed by atoms with van der Waals surface area (Å²) in [6, 6.07) is 18.2. The van der Waals surface area contributed by atoms with E-state index in [1.165, 1.54) is 12.3 Å². The highest BCUT2D eigenvalue weighted by Crippen LogP contribution is 2.41. The fourth-order valence-electron chi connectivity index (χ4n) is 5.49. The van der Waals surface area contributed by atoms with Gasteiger partial charge in [0, 0.05) is 36.8 Å². The second-order valence-corrected chi connectivity index (χ2v) is 16.0. The molecule has 11 nitrogen and oxygen atoms in total. The Balaban J connectivity index is 1.72. The summed E-state index contributed by atoms with van der Waals surface area (Å²) >= 11 is 0. The van der Waals surface area contributed by atoms with E-state index in [1.54, 1.807) is 62.6 Å². The molecule has 0 amide bonds. The van der Waals surface area contributed by atoms with Gasteiger partial charge in [-0.25, -0.2) is 21.8 Å². The van der Waals surface area contributed by atoms with Gasteiger partial charge in [-0.1, -0.05) is 18.2 Å². The summed E-state index contributed by atoms with van der Waals surface area (Å²) in [5.41, 5.74) is 3.24. The van der Waals surface area contributed by atoms with Crippen LogP contribution in [-0.2, 0) is 46.5 Å². The Kier molecular flexibility index (Phi) is 10.7. The zero-order valence-corrected chi connectivity index (χ0v) is 30.6. The van der Waals surface area contributed by atoms with Crippen LogP contribution in [0.4, 0.5) is 5.69 Å². The number of aromatic nitrogens is 2. The molecule has 0 bridgehead atoms. The number of allylic oxidation sites excluding steroid dienone is 2. The van der Waals surface area contributed by atoms with Gasteiger partial charge in [-0.2, -0.15) is 0 Å². The number of rotatable bonds is 13. The monoisotopic (exact) mass is 718 g/mol. The Morgan fingerprint density at radius 2 is 1.58 bits per heavy atom. The van der Waals surface area contributed by atoms with E-state index in [0.29, 0.717) is 28.5 Å². The molecule has 4 aromatic rings. The van der Waals surface area contributed by atoms with Crippen LogP contribution in [-0.4, -0.2) is 52.0 Å². The SMILES string of the molecule is CCOC(OC1=[C]C(OCc2ccncc2)=C(C)N(c2cc(C)cc(S(C)(=O)=O)c2)C1C)(Oc1ccccc1)c1ncc(C)cc1S(C)(=O)=O. The van der Waals surface area contributed by atoms with Crippen molar-refractivity contribution in [3.63, 3.8) is 0 Å². The summed E-state index contributed by atoms with van der Waals surface area (Å²) in [5.74, 6) is -1.46. The first-order valence-electron chi connectivity index (χ1n) is 15.8. The molecule has 13 heteroatoms. The van der Waals surface area contributed by atoms with Crippen molar-refractivity contribution in [3.8, 4) is 5.75 Å². The van der Waals surface area contributed by atoms with Crippen molar-refractivity contribution in [1.29, 1.82) is 0 Å². The molecule has 0 fully saturated rings. The average molecular weight is 719 g/mol. The molecule has 263 valence electrons. The fourth-order valence-corrected chi connectivity index (χ4v) is 7.15. The van der Waals surface area contributed by atoms with Crippen LogP contribution >= 0.6 is 0 Å². The molecule has 0 saturated carbocycles. The van der Waals surface area contributed by atoms with Gasteiger partial charge >= 0.3 is 5.97 Å². The van der Waals surface area contributed by atoms with Crippen LogP contribution in [0.3, 0.4) is 0 Å². The number of aryl methyl sites for hydroxylation is 2. The van der Waals surface area contributed by atoms with E-state index in [2.05, 4.69) is 16.0 Å². The van der Waals surface area contributed by atoms with Gasteiger partial charge < -0.3 is 23.8 Å². The highest BCUT2D eigenvalue weighted by atomic mass is 32.2. The Bertz CT molecular complexity index is 2140. The first-order chi connectivity index (χ1) is 23.6. The highest BCUT2D eigenvalue weighted by molar-refractivity contribution is 7.91. The second-order valence-electron chi connectivity index (χ2n) is 12.0. The van der Waals surface area contributed by atoms with E-state index in [-0.39, 0.29) is 34.5 Å². The van der Waals surface area contributed by atoms with E-state index in [9.17, 15) is 16.8 Å². The molecule has 1 radical (unpaired) electrons. The minimum absolute atomic E-state index is 0.0346. The summed E-state index contributed by atoms with van der Waals surface area (Å²) in [6.45, 7) is 9.15. The molecule has 50 heavy (non-hydrogen) atoms. The molecule has 1 aliphatic heterocycles. The quantitative estimate of drug-likeness (QED) is 0.147. The summed E-state index contributed by atoms with van der Waals surface area (Å²) in [6.07, 6.45) is 10.3. The average Bonchev–Trinajstić information content (AvgIpc) is 3.05. The molecule has 0 aliphatic carbocycles. The molecule has 1 aliphatic rings. The predicted molar refractivity (Wildman–Crippen MR) is 188 cm³/mol. The smallest absolute Gasteiger partial charge is 0.420 e. The van der Waals surface area contributed by atoms with Crippen LogP contribution in [0.25, 0.3) is 0 Å². The molecule has 0 spiro atoms. The fraction of sp³-hybridized carbons (Fsp3) is 0.297. The van der Waals surface area contributed by atoms with Gasteiger partial charge in [-0.15, -0.1) is 0 Å². The van der Waals surface area contributed by atoms with Gasteiger partial charge in [0.2, 0.25) is 0 Å². The standard InChI is InChI=1S/C37H40N3O8S2/c1-8-46-37(47-31-12-10-9-11-13-31,36-35(50(7,43)44)20-26(3)23-39-36)48-34-22-33(45-24-29-14-16-38-17-15-29)27(4)40(28(34)5)30-18-25(2)19-32(21-30)49(6,41)42/h9-21,23,28H,8,24H2,1-7H3. The van der Waals surface area contributed by atoms with E-state index in [4.69, 9.17) is 18.9 Å². The van der Waals surface area contributed by atoms with Crippen molar-refractivity contribution in [1.82, 2.24) is 9.97 Å². The largest absolute Gasteiger partial charge is 0.486 e. The summed E-state index contributed by atoms with van der Waals surface area (Å²) in [5, 5.41) is 0. The van der Waals surface area contributed by atoms with Gasteiger partial charge in [0.15, 0.2) is 31.1 Å². The minimum Gasteiger partial charge on any atom is -0.486 e. The van der Waals surface area contributed by atoms with Crippen LogP contribution in [0.2, 0.25) is 0 Å². The number of ether oxygens (including phenoxy) is 4. The van der Waals surface area contributed by atoms with Crippen LogP contribution in [0.15, 0.2) is 112 Å². The number of para-hydroxylation sites is 1. The van der Waals surface area contributed by atoms with Gasteiger partial charge in [0.05, 0.1) is 34.2 Å². The predicted octanol–water partition coefficient (Wildman–Crippen LogP) is 6.19. The van der Waals surface area contributed by atoms with Gasteiger partial charge in [0.25, 0.3) is 0 Å². The number of hydrogen-bond donors (Lipinski definition) is 0. The third-order valence-corrected chi connectivity index (χ3v) is 10.0. The highest BCUT2D eigenvalue weighted by Gasteiger charge is 2.47. The minimum atomic E-state index is -3.88. The Morgan fingerprint density at radius 1 is 0.880 bits per heavy atom. The maximum absolute atomic E-state index is 13.2. The van der Waals surface area contributed by atoms with Crippen LogP contribution in [0, 0.1) is 19.9 Å². The van der Waals surface area contributed by atoms with Crippen molar-refractivity contribution in [2.75, 3.05) is 24.0 Å². The zero-order chi connectivity index (χ0) is 36.3. The molecule has 2 atom stereocenters. The van der Waals surface area contributed by atoms with Gasteiger partial charge in [0.1, 0.15) is 18.1 Å². The molecular formula is C37H40N3O8S2. The molecule has 2 aromatic carbocycles. The molecule has 0 N–H and O–H groups in total. The molecule has 3 heterocycles. The number of nitrogens with zero attached hydrogens (tertiary/aromatic N) is 3. The van der Waals surface area contributed by atoms with E-state index in [1.807, 2.05) is 49.9 Å². The number of anilines is 1. The Labute approximate surface area is 294 Å². The lowest BCUT2D eigenvalue weighted by Crippen LogP contribution is -2.46. The van der Waals surface area contributed by atoms with Crippen molar-refractivity contribution >= 4 is 25.4 Å². The Morgan fingerprint density at radius 3 is 2.22 bits per heavy atom. The number of benzene rings is 2. The van der Waals surface area contributed by atoms with Gasteiger partial charge in [-0.05, 0) is 99.8 Å². The summed E-state index contributed by atoms with van der Waals surface area (Å²) < 4.78 is 77.7. The summed E-state index contributed by atoms with van der Waals surface area (Å²) in [7, 11) is -7.44. The van der Waals surface area contributed by atoms with Crippen molar-refractivity contribution < 1.29 is 35.8 Å². The third-order valence-electron chi connectivity index (χ3n) is 7.82. The van der Waals surface area contributed by atoms with E-state index >= 15 is 0 Å². The molecular weight excluding hydrogens is 679 g/mol. The Hall–Kier alpha value is -4.72. The van der Waals surface area contributed by atoms with Crippen molar-refractivity contribution in [2.45, 2.75) is 63.0 Å². The van der Waals surface area contributed by atoms with E-state index in [0.717, 1.165) is 23.6 Å². The van der Waals surface area contributed by atoms with E-state index < -0.39 is 31.7 Å². The summed E-state index contributed by atoms with van der Waals surface area (Å²) in [4.78, 5) is 10.5. The molecule has 2 unspecified atom stereocenters. The van der Waals surface area contributed by atoms with Crippen LogP contribution < -0.4 is 9.64 Å². The maximum atomic E-state index is 13.2. The number of hydrogen-bond acceptors (Lipinski definition) is 11. The zero-order valence-electron chi connectivity index (χ0n) is 29.0. The van der Waals surface area contributed by atoms with Crippen molar-refractivity contribution in [2.24, 2.45) is 0 Å². The van der Waals surface area contributed by atoms with Crippen LogP contribution in [0.5, 0.6) is 5.75 Å². The maximum Gasteiger partial charge on any atom is 0.420 e. The lowest BCUT2D eigenvalue weighted by molar-refractivity contribution is -0.343. The van der Waals surface area contributed by atoms with Gasteiger partial charge in [-0.3, -0.25) is 4.98 Å². The molecule has 2 aromatic heterocycles. The first kappa shape index (κ1) is 36.6. The second kappa shape index (κ2) is 14.6.